The van der Waals surface area contributed by atoms with Gasteiger partial charge < -0.3 is 24.8 Å². The molecule has 1 heterocycles. The van der Waals surface area contributed by atoms with Crippen LogP contribution >= 0.6 is 0 Å². The highest BCUT2D eigenvalue weighted by atomic mass is 16.7. The Kier molecular flexibility index (Phi) is 2.69. The maximum atomic E-state index is 10.6. The fourth-order valence-electron chi connectivity index (χ4n) is 3.16. The van der Waals surface area contributed by atoms with Crippen LogP contribution in [-0.2, 0) is 9.47 Å². The molecule has 0 spiro atoms. The van der Waals surface area contributed by atoms with Crippen molar-refractivity contribution in [2.24, 2.45) is 5.41 Å². The molecule has 0 aromatic heterocycles. The van der Waals surface area contributed by atoms with Crippen molar-refractivity contribution in [3.63, 3.8) is 0 Å². The zero-order valence-corrected chi connectivity index (χ0v) is 10.4. The molecule has 0 aromatic rings. The Morgan fingerprint density at radius 2 is 2.00 bits per heavy atom. The summed E-state index contributed by atoms with van der Waals surface area (Å²) in [5.74, 6) is 0. The molecule has 0 bridgehead atoms. The number of aliphatic hydroxyl groups is 3. The number of rotatable bonds is 4. The van der Waals surface area contributed by atoms with Gasteiger partial charge >= 0.3 is 0 Å². The third kappa shape index (κ3) is 1.16. The van der Waals surface area contributed by atoms with Crippen LogP contribution in [-0.4, -0.2) is 52.1 Å². The second kappa shape index (κ2) is 3.52. The Morgan fingerprint density at radius 1 is 1.41 bits per heavy atom. The molecular formula is C12H20O5. The number of aliphatic hydroxyl groups excluding tert-OH is 1. The molecule has 98 valence electrons. The lowest BCUT2D eigenvalue weighted by Gasteiger charge is -2.28. The molecule has 5 atom stereocenters. The largest absolute Gasteiger partial charge is 0.390 e. The Hall–Kier alpha value is -0.460. The first-order valence-corrected chi connectivity index (χ1v) is 5.71. The SMILES string of the molecule is C=CC[C@@H](O)[C@H]1O[C@@H](OC)[C@@]2(O)C(C)(C)[C@@]12O. The van der Waals surface area contributed by atoms with Gasteiger partial charge in [-0.3, -0.25) is 0 Å². The molecule has 1 saturated heterocycles. The van der Waals surface area contributed by atoms with E-state index in [9.17, 15) is 15.3 Å². The van der Waals surface area contributed by atoms with E-state index in [1.54, 1.807) is 19.9 Å². The molecule has 0 unspecified atom stereocenters. The topological polar surface area (TPSA) is 79.2 Å². The zero-order valence-electron chi connectivity index (χ0n) is 10.4. The summed E-state index contributed by atoms with van der Waals surface area (Å²) in [5, 5.41) is 31.0. The van der Waals surface area contributed by atoms with Crippen LogP contribution in [0.25, 0.3) is 0 Å². The van der Waals surface area contributed by atoms with Crippen molar-refractivity contribution >= 4 is 0 Å². The summed E-state index contributed by atoms with van der Waals surface area (Å²) in [6.45, 7) is 7.00. The van der Waals surface area contributed by atoms with E-state index in [0.29, 0.717) is 0 Å². The summed E-state index contributed by atoms with van der Waals surface area (Å²) >= 11 is 0. The van der Waals surface area contributed by atoms with Crippen molar-refractivity contribution < 1.29 is 24.8 Å². The van der Waals surface area contributed by atoms with Gasteiger partial charge in [-0.25, -0.2) is 0 Å². The summed E-state index contributed by atoms with van der Waals surface area (Å²) < 4.78 is 10.5. The van der Waals surface area contributed by atoms with Crippen LogP contribution in [0.3, 0.4) is 0 Å². The molecule has 2 fully saturated rings. The Labute approximate surface area is 101 Å². The first-order chi connectivity index (χ1) is 7.79. The maximum absolute atomic E-state index is 10.6. The molecule has 5 heteroatoms. The van der Waals surface area contributed by atoms with Crippen LogP contribution < -0.4 is 0 Å². The molecule has 3 N–H and O–H groups in total. The highest BCUT2D eigenvalue weighted by molar-refractivity contribution is 5.39. The van der Waals surface area contributed by atoms with E-state index in [1.165, 1.54) is 7.11 Å². The monoisotopic (exact) mass is 244 g/mol. The quantitative estimate of drug-likeness (QED) is 0.597. The summed E-state index contributed by atoms with van der Waals surface area (Å²) in [6, 6.07) is 0. The van der Waals surface area contributed by atoms with Gasteiger partial charge in [0, 0.05) is 12.5 Å². The molecule has 2 aliphatic rings. The van der Waals surface area contributed by atoms with E-state index in [4.69, 9.17) is 9.47 Å². The van der Waals surface area contributed by atoms with Crippen LogP contribution in [0.5, 0.6) is 0 Å². The number of hydrogen-bond donors (Lipinski definition) is 3. The summed E-state index contributed by atoms with van der Waals surface area (Å²) in [7, 11) is 1.40. The number of ether oxygens (including phenoxy) is 2. The molecule has 0 radical (unpaired) electrons. The Morgan fingerprint density at radius 3 is 2.41 bits per heavy atom. The second-order valence-electron chi connectivity index (χ2n) is 5.37. The van der Waals surface area contributed by atoms with Crippen molar-refractivity contribution in [1.29, 1.82) is 0 Å². The van der Waals surface area contributed by atoms with Gasteiger partial charge in [0.05, 0.1) is 6.10 Å². The first kappa shape index (κ1) is 13.0. The average molecular weight is 244 g/mol. The summed E-state index contributed by atoms with van der Waals surface area (Å²) in [6.07, 6.45) is -0.870. The lowest BCUT2D eigenvalue weighted by Crippen LogP contribution is -2.42. The minimum atomic E-state index is -1.48. The molecule has 5 nitrogen and oxygen atoms in total. The molecule has 0 aromatic carbocycles. The van der Waals surface area contributed by atoms with Crippen LogP contribution in [0.15, 0.2) is 12.7 Å². The van der Waals surface area contributed by atoms with Crippen LogP contribution in [0.2, 0.25) is 0 Å². The van der Waals surface area contributed by atoms with Crippen molar-refractivity contribution in [3.8, 4) is 0 Å². The molecule has 1 aliphatic carbocycles. The second-order valence-corrected chi connectivity index (χ2v) is 5.37. The molecule has 2 rings (SSSR count). The van der Waals surface area contributed by atoms with Crippen LogP contribution in [0, 0.1) is 5.41 Å². The first-order valence-electron chi connectivity index (χ1n) is 5.71. The highest BCUT2D eigenvalue weighted by Gasteiger charge is 2.93. The van der Waals surface area contributed by atoms with Crippen LogP contribution in [0.1, 0.15) is 20.3 Å². The van der Waals surface area contributed by atoms with E-state index in [2.05, 4.69) is 6.58 Å². The van der Waals surface area contributed by atoms with Gasteiger partial charge in [-0.1, -0.05) is 19.9 Å². The number of hydrogen-bond acceptors (Lipinski definition) is 5. The Balaban J connectivity index is 2.31. The summed E-state index contributed by atoms with van der Waals surface area (Å²) in [4.78, 5) is 0. The average Bonchev–Trinajstić information content (AvgIpc) is 2.54. The van der Waals surface area contributed by atoms with Gasteiger partial charge in [-0.2, -0.15) is 0 Å². The smallest absolute Gasteiger partial charge is 0.190 e. The fraction of sp³-hybridized carbons (Fsp3) is 0.833. The van der Waals surface area contributed by atoms with Crippen molar-refractivity contribution in [2.75, 3.05) is 7.11 Å². The third-order valence-corrected chi connectivity index (χ3v) is 4.42. The van der Waals surface area contributed by atoms with E-state index in [0.717, 1.165) is 0 Å². The van der Waals surface area contributed by atoms with Gasteiger partial charge in [0.1, 0.15) is 11.7 Å². The van der Waals surface area contributed by atoms with E-state index < -0.39 is 35.1 Å². The predicted molar refractivity (Wildman–Crippen MR) is 60.2 cm³/mol. The van der Waals surface area contributed by atoms with Gasteiger partial charge in [0.15, 0.2) is 11.9 Å². The van der Waals surface area contributed by atoms with E-state index in [-0.39, 0.29) is 6.42 Å². The number of fused-ring (bicyclic) bond motifs is 1. The zero-order chi connectivity index (χ0) is 13.1. The standard InChI is InChI=1S/C12H20O5/c1-5-6-7(13)8-11(14)10(2,3)12(11,15)9(16-4)17-8/h5,7-9,13-15H,1,6H2,2-4H3/t7-,8-,9-,11+,12-/m1/s1. The van der Waals surface area contributed by atoms with Crippen molar-refractivity contribution in [1.82, 2.24) is 0 Å². The minimum absolute atomic E-state index is 0.287. The fourth-order valence-corrected chi connectivity index (χ4v) is 3.16. The van der Waals surface area contributed by atoms with E-state index >= 15 is 0 Å². The lowest BCUT2D eigenvalue weighted by molar-refractivity contribution is -0.210. The minimum Gasteiger partial charge on any atom is -0.390 e. The molecular weight excluding hydrogens is 224 g/mol. The maximum Gasteiger partial charge on any atom is 0.190 e. The molecule has 1 saturated carbocycles. The van der Waals surface area contributed by atoms with Gasteiger partial charge in [-0.15, -0.1) is 6.58 Å². The molecule has 1 aliphatic heterocycles. The predicted octanol–water partition coefficient (Wildman–Crippen LogP) is -0.203. The lowest BCUT2D eigenvalue weighted by atomic mass is 9.96. The van der Waals surface area contributed by atoms with Crippen LogP contribution in [0.4, 0.5) is 0 Å². The van der Waals surface area contributed by atoms with Gasteiger partial charge in [-0.05, 0) is 6.42 Å². The normalized spacial score (nSPS) is 48.6. The van der Waals surface area contributed by atoms with Crippen molar-refractivity contribution in [2.45, 2.75) is 50.0 Å². The van der Waals surface area contributed by atoms with Crippen molar-refractivity contribution in [3.05, 3.63) is 12.7 Å². The molecule has 17 heavy (non-hydrogen) atoms. The summed E-state index contributed by atoms with van der Waals surface area (Å²) in [5.41, 5.74) is -3.73. The highest BCUT2D eigenvalue weighted by Crippen LogP contribution is 2.73. The third-order valence-electron chi connectivity index (χ3n) is 4.42. The Bertz CT molecular complexity index is 342. The molecule has 0 amide bonds. The van der Waals surface area contributed by atoms with Gasteiger partial charge in [0.25, 0.3) is 0 Å². The van der Waals surface area contributed by atoms with E-state index in [1.807, 2.05) is 0 Å². The van der Waals surface area contributed by atoms with Gasteiger partial charge in [0.2, 0.25) is 0 Å². The number of methoxy groups -OCH3 is 1.